The van der Waals surface area contributed by atoms with Crippen LogP contribution >= 0.6 is 23.2 Å². The molecule has 0 aliphatic rings. The number of aromatic amines is 1. The molecule has 0 aliphatic carbocycles. The molecule has 24 heavy (non-hydrogen) atoms. The lowest BCUT2D eigenvalue weighted by atomic mass is 10.2. The zero-order valence-electron chi connectivity index (χ0n) is 12.5. The number of para-hydroxylation sites is 1. The van der Waals surface area contributed by atoms with E-state index in [1.165, 1.54) is 0 Å². The molecule has 3 rings (SSSR count). The van der Waals surface area contributed by atoms with Crippen LogP contribution in [0.4, 0.5) is 5.69 Å². The summed E-state index contributed by atoms with van der Waals surface area (Å²) in [5.41, 5.74) is 0.845. The van der Waals surface area contributed by atoms with Gasteiger partial charge in [0.2, 0.25) is 5.91 Å². The Labute approximate surface area is 147 Å². The van der Waals surface area contributed by atoms with E-state index in [0.717, 1.165) is 0 Å². The summed E-state index contributed by atoms with van der Waals surface area (Å²) in [4.78, 5) is 31.1. The van der Waals surface area contributed by atoms with Crippen molar-refractivity contribution >= 4 is 45.7 Å². The third-order valence-electron chi connectivity index (χ3n) is 3.45. The highest BCUT2D eigenvalue weighted by atomic mass is 35.5. The number of hydrogen-bond donors (Lipinski definition) is 2. The van der Waals surface area contributed by atoms with E-state index >= 15 is 0 Å². The van der Waals surface area contributed by atoms with E-state index in [4.69, 9.17) is 23.2 Å². The molecule has 7 heteroatoms. The first kappa shape index (κ1) is 16.5. The van der Waals surface area contributed by atoms with E-state index in [9.17, 15) is 9.59 Å². The largest absolute Gasteiger partial charge is 0.325 e. The van der Waals surface area contributed by atoms with E-state index in [0.29, 0.717) is 38.9 Å². The Morgan fingerprint density at radius 3 is 2.79 bits per heavy atom. The molecule has 0 fully saturated rings. The SMILES string of the molecule is O=C(CCc1nc2ccccc2c(=O)[nH]1)Nc1cc(Cl)ccc1Cl. The van der Waals surface area contributed by atoms with E-state index in [1.807, 2.05) is 6.07 Å². The average Bonchev–Trinajstić information content (AvgIpc) is 2.56. The molecule has 2 aromatic carbocycles. The lowest BCUT2D eigenvalue weighted by molar-refractivity contribution is -0.116. The Balaban J connectivity index is 1.70. The quantitative estimate of drug-likeness (QED) is 0.741. The molecular weight excluding hydrogens is 349 g/mol. The van der Waals surface area contributed by atoms with Crippen LogP contribution in [-0.2, 0) is 11.2 Å². The molecule has 1 amide bonds. The van der Waals surface area contributed by atoms with Crippen molar-refractivity contribution in [2.24, 2.45) is 0 Å². The minimum Gasteiger partial charge on any atom is -0.325 e. The number of carbonyl (C=O) groups excluding carboxylic acids is 1. The molecule has 0 aliphatic heterocycles. The number of fused-ring (bicyclic) bond motifs is 1. The average molecular weight is 362 g/mol. The number of nitrogens with zero attached hydrogens (tertiary/aromatic N) is 1. The number of amides is 1. The van der Waals surface area contributed by atoms with Crippen LogP contribution in [0.25, 0.3) is 10.9 Å². The topological polar surface area (TPSA) is 74.8 Å². The summed E-state index contributed by atoms with van der Waals surface area (Å²) in [5.74, 6) is 0.223. The van der Waals surface area contributed by atoms with Gasteiger partial charge in [0.15, 0.2) is 0 Å². The van der Waals surface area contributed by atoms with Gasteiger partial charge < -0.3 is 10.3 Å². The number of aromatic nitrogens is 2. The van der Waals surface area contributed by atoms with Gasteiger partial charge in [0.25, 0.3) is 5.56 Å². The number of benzene rings is 2. The third kappa shape index (κ3) is 3.75. The van der Waals surface area contributed by atoms with Crippen molar-refractivity contribution < 1.29 is 4.79 Å². The van der Waals surface area contributed by atoms with Crippen LogP contribution in [0.1, 0.15) is 12.2 Å². The van der Waals surface area contributed by atoms with Gasteiger partial charge in [-0.1, -0.05) is 35.3 Å². The number of anilines is 1. The van der Waals surface area contributed by atoms with E-state index < -0.39 is 0 Å². The van der Waals surface area contributed by atoms with E-state index in [-0.39, 0.29) is 17.9 Å². The lowest BCUT2D eigenvalue weighted by Crippen LogP contribution is -2.16. The maximum Gasteiger partial charge on any atom is 0.258 e. The number of nitrogens with one attached hydrogen (secondary N) is 2. The molecule has 122 valence electrons. The molecule has 0 saturated carbocycles. The summed E-state index contributed by atoms with van der Waals surface area (Å²) in [6, 6.07) is 11.9. The van der Waals surface area contributed by atoms with Gasteiger partial charge in [0.05, 0.1) is 21.6 Å². The molecule has 0 unspecified atom stereocenters. The summed E-state index contributed by atoms with van der Waals surface area (Å²) in [6.07, 6.45) is 0.466. The number of halogens is 2. The molecule has 1 aromatic heterocycles. The standard InChI is InChI=1S/C17H13Cl2N3O2/c18-10-5-6-12(19)14(9-10)21-16(23)8-7-15-20-13-4-2-1-3-11(13)17(24)22-15/h1-6,9H,7-8H2,(H,21,23)(H,20,22,24). The molecule has 3 aromatic rings. The second-order valence-electron chi connectivity index (χ2n) is 5.20. The van der Waals surface area contributed by atoms with Crippen LogP contribution in [0, 0.1) is 0 Å². The summed E-state index contributed by atoms with van der Waals surface area (Å²) in [7, 11) is 0. The Morgan fingerprint density at radius 2 is 1.96 bits per heavy atom. The molecule has 5 nitrogen and oxygen atoms in total. The molecule has 2 N–H and O–H groups in total. The minimum absolute atomic E-state index is 0.157. The maximum absolute atomic E-state index is 12.1. The van der Waals surface area contributed by atoms with Crippen LogP contribution < -0.4 is 10.9 Å². The highest BCUT2D eigenvalue weighted by molar-refractivity contribution is 6.35. The fraction of sp³-hybridized carbons (Fsp3) is 0.118. The second kappa shape index (κ2) is 7.03. The number of rotatable bonds is 4. The number of aryl methyl sites for hydroxylation is 1. The van der Waals surface area contributed by atoms with Gasteiger partial charge in [0, 0.05) is 17.9 Å². The van der Waals surface area contributed by atoms with Crippen molar-refractivity contribution in [2.45, 2.75) is 12.8 Å². The van der Waals surface area contributed by atoms with Gasteiger partial charge in [-0.05, 0) is 30.3 Å². The summed E-state index contributed by atoms with van der Waals surface area (Å²) >= 11 is 11.9. The normalized spacial score (nSPS) is 10.8. The third-order valence-corrected chi connectivity index (χ3v) is 4.02. The first-order valence-corrected chi connectivity index (χ1v) is 8.01. The first-order valence-electron chi connectivity index (χ1n) is 7.26. The summed E-state index contributed by atoms with van der Waals surface area (Å²) in [6.45, 7) is 0. The summed E-state index contributed by atoms with van der Waals surface area (Å²) < 4.78 is 0. The Hall–Kier alpha value is -2.37. The monoisotopic (exact) mass is 361 g/mol. The predicted octanol–water partition coefficient (Wildman–Crippen LogP) is 3.80. The van der Waals surface area contributed by atoms with Crippen molar-refractivity contribution in [1.29, 1.82) is 0 Å². The van der Waals surface area contributed by atoms with Crippen molar-refractivity contribution in [3.63, 3.8) is 0 Å². The molecule has 0 spiro atoms. The van der Waals surface area contributed by atoms with Crippen LogP contribution in [0.15, 0.2) is 47.3 Å². The number of H-pyrrole nitrogens is 1. The Kier molecular flexibility index (Phi) is 4.83. The Bertz CT molecular complexity index is 969. The van der Waals surface area contributed by atoms with Gasteiger partial charge in [-0.2, -0.15) is 0 Å². The minimum atomic E-state index is -0.241. The van der Waals surface area contributed by atoms with Crippen molar-refractivity contribution in [2.75, 3.05) is 5.32 Å². The van der Waals surface area contributed by atoms with E-state index in [2.05, 4.69) is 15.3 Å². The van der Waals surface area contributed by atoms with Gasteiger partial charge in [0.1, 0.15) is 5.82 Å². The smallest absolute Gasteiger partial charge is 0.258 e. The number of carbonyl (C=O) groups is 1. The molecule has 0 radical (unpaired) electrons. The molecule has 1 heterocycles. The van der Waals surface area contributed by atoms with Gasteiger partial charge in [-0.25, -0.2) is 4.98 Å². The summed E-state index contributed by atoms with van der Waals surface area (Å²) in [5, 5.41) is 4.11. The number of hydrogen-bond acceptors (Lipinski definition) is 3. The van der Waals surface area contributed by atoms with Crippen molar-refractivity contribution in [3.8, 4) is 0 Å². The van der Waals surface area contributed by atoms with Gasteiger partial charge in [-0.15, -0.1) is 0 Å². The van der Waals surface area contributed by atoms with Crippen LogP contribution in [0.5, 0.6) is 0 Å². The maximum atomic E-state index is 12.1. The molecule has 0 atom stereocenters. The van der Waals surface area contributed by atoms with Crippen molar-refractivity contribution in [3.05, 3.63) is 68.7 Å². The molecule has 0 saturated heterocycles. The molecular formula is C17H13Cl2N3O2. The van der Waals surface area contributed by atoms with Gasteiger partial charge in [-0.3, -0.25) is 9.59 Å². The Morgan fingerprint density at radius 1 is 1.17 bits per heavy atom. The highest BCUT2D eigenvalue weighted by Crippen LogP contribution is 2.25. The second-order valence-corrected chi connectivity index (χ2v) is 6.05. The zero-order chi connectivity index (χ0) is 17.1. The predicted molar refractivity (Wildman–Crippen MR) is 95.8 cm³/mol. The van der Waals surface area contributed by atoms with Gasteiger partial charge >= 0.3 is 0 Å². The first-order chi connectivity index (χ1) is 11.5. The fourth-order valence-corrected chi connectivity index (χ4v) is 2.63. The van der Waals surface area contributed by atoms with E-state index in [1.54, 1.807) is 36.4 Å². The lowest BCUT2D eigenvalue weighted by Gasteiger charge is -2.08. The molecule has 0 bridgehead atoms. The highest BCUT2D eigenvalue weighted by Gasteiger charge is 2.09. The van der Waals surface area contributed by atoms with Crippen LogP contribution in [0.2, 0.25) is 10.0 Å². The van der Waals surface area contributed by atoms with Crippen molar-refractivity contribution in [1.82, 2.24) is 9.97 Å². The van der Waals surface area contributed by atoms with Crippen LogP contribution in [0.3, 0.4) is 0 Å². The zero-order valence-corrected chi connectivity index (χ0v) is 14.0. The van der Waals surface area contributed by atoms with Crippen LogP contribution in [-0.4, -0.2) is 15.9 Å². The fourth-order valence-electron chi connectivity index (χ4n) is 2.29.